The van der Waals surface area contributed by atoms with E-state index in [-0.39, 0.29) is 0 Å². The minimum Gasteiger partial charge on any atom is -0.158 e. The third kappa shape index (κ3) is 3.98. The van der Waals surface area contributed by atoms with Crippen molar-refractivity contribution in [3.8, 4) is 33.6 Å². The van der Waals surface area contributed by atoms with E-state index in [0.29, 0.717) is 0 Å². The fourth-order valence-electron chi connectivity index (χ4n) is 8.12. The number of benzene rings is 6. The minimum absolute atomic E-state index is 0.863. The third-order valence-corrected chi connectivity index (χ3v) is 10.3. The molecule has 0 N–H and O–H groups in total. The van der Waals surface area contributed by atoms with E-state index in [1.54, 1.807) is 0 Å². The van der Waals surface area contributed by atoms with E-state index in [9.17, 15) is 0 Å². The zero-order chi connectivity index (χ0) is 31.1. The molecule has 0 saturated heterocycles. The smallest absolute Gasteiger partial charge is 0.158 e. The van der Waals surface area contributed by atoms with Gasteiger partial charge in [-0.1, -0.05) is 91.0 Å². The summed E-state index contributed by atoms with van der Waals surface area (Å²) in [6.07, 6.45) is 6.32. The molecule has 0 aliphatic carbocycles. The molecule has 0 radical (unpaired) electrons. The SMILES string of the molecule is Cc1ccc2[n+](c1)/C(=C1\Cc3ccc(-c4ccccc4)cc3-c3cccc[n+]31)Cc1cc3c4ccccc4c4ccccc4c3cc1-2. The molecule has 0 fully saturated rings. The van der Waals surface area contributed by atoms with Crippen molar-refractivity contribution in [1.82, 2.24) is 0 Å². The molecule has 10 rings (SSSR count). The number of fused-ring (bicyclic) bond motifs is 12. The van der Waals surface area contributed by atoms with E-state index in [4.69, 9.17) is 0 Å². The van der Waals surface area contributed by atoms with Gasteiger partial charge < -0.3 is 0 Å². The average molecular weight is 601 g/mol. The molecule has 2 nitrogen and oxygen atoms in total. The van der Waals surface area contributed by atoms with Crippen LogP contribution in [0, 0.1) is 6.92 Å². The lowest BCUT2D eigenvalue weighted by Crippen LogP contribution is -2.47. The molecule has 6 aromatic carbocycles. The lowest BCUT2D eigenvalue weighted by Gasteiger charge is -2.22. The summed E-state index contributed by atoms with van der Waals surface area (Å²) in [5.41, 5.74) is 14.3. The zero-order valence-corrected chi connectivity index (χ0v) is 26.2. The Kier molecular flexibility index (Phi) is 5.65. The maximum Gasteiger partial charge on any atom is 0.259 e. The van der Waals surface area contributed by atoms with Gasteiger partial charge in [-0.05, 0) is 91.8 Å². The van der Waals surface area contributed by atoms with Gasteiger partial charge in [0.25, 0.3) is 11.4 Å². The molecular formula is C45H32N2+2. The van der Waals surface area contributed by atoms with Crippen LogP contribution < -0.4 is 9.13 Å². The first kappa shape index (κ1) is 26.4. The summed E-state index contributed by atoms with van der Waals surface area (Å²) in [6.45, 7) is 2.20. The summed E-state index contributed by atoms with van der Waals surface area (Å²) in [5.74, 6) is 0. The number of hydrogen-bond donors (Lipinski definition) is 0. The highest BCUT2D eigenvalue weighted by molar-refractivity contribution is 6.26. The van der Waals surface area contributed by atoms with Gasteiger partial charge in [0.1, 0.15) is 0 Å². The van der Waals surface area contributed by atoms with Crippen molar-refractivity contribution in [2.75, 3.05) is 0 Å². The van der Waals surface area contributed by atoms with Crippen LogP contribution >= 0.6 is 0 Å². The molecule has 2 aromatic heterocycles. The first-order valence-electron chi connectivity index (χ1n) is 16.5. The Hall–Kier alpha value is -5.86. The molecule has 47 heavy (non-hydrogen) atoms. The van der Waals surface area contributed by atoms with Gasteiger partial charge in [-0.3, -0.25) is 0 Å². The Balaban J connectivity index is 1.22. The molecule has 220 valence electrons. The van der Waals surface area contributed by atoms with Crippen molar-refractivity contribution in [3.63, 3.8) is 0 Å². The summed E-state index contributed by atoms with van der Waals surface area (Å²) in [6, 6.07) is 51.6. The molecule has 0 amide bonds. The standard InChI is InChI=1S/C45H32N2/c1-29-18-21-43-39-27-41-37-16-8-6-14-35(37)34-13-5-7-15-36(34)40(41)24-33(39)26-45(47(43)28-29)44-25-32-20-19-31(30-11-3-2-4-12-30)23-38(32)42-17-9-10-22-46(42)44/h2-24,27-28H,25-26H2,1H3/q+2/b45-44+. The summed E-state index contributed by atoms with van der Waals surface area (Å²) in [7, 11) is 0. The molecule has 4 heterocycles. The quantitative estimate of drug-likeness (QED) is 0.131. The van der Waals surface area contributed by atoms with Gasteiger partial charge in [-0.25, -0.2) is 0 Å². The van der Waals surface area contributed by atoms with Gasteiger partial charge in [0.2, 0.25) is 11.4 Å². The fourth-order valence-corrected chi connectivity index (χ4v) is 8.12. The molecule has 8 aromatic rings. The Morgan fingerprint density at radius 2 is 1.02 bits per heavy atom. The van der Waals surface area contributed by atoms with Crippen LogP contribution in [-0.2, 0) is 12.8 Å². The van der Waals surface area contributed by atoms with Crippen molar-refractivity contribution in [2.45, 2.75) is 19.8 Å². The average Bonchev–Trinajstić information content (AvgIpc) is 3.14. The van der Waals surface area contributed by atoms with Crippen molar-refractivity contribution in [3.05, 3.63) is 169 Å². The van der Waals surface area contributed by atoms with Crippen LogP contribution in [0.25, 0.3) is 77.4 Å². The van der Waals surface area contributed by atoms with Gasteiger partial charge in [0.05, 0.1) is 24.0 Å². The maximum absolute atomic E-state index is 2.49. The third-order valence-electron chi connectivity index (χ3n) is 10.3. The summed E-state index contributed by atoms with van der Waals surface area (Å²) >= 11 is 0. The minimum atomic E-state index is 0.863. The number of aromatic nitrogens is 2. The molecule has 0 spiro atoms. The van der Waals surface area contributed by atoms with Crippen LogP contribution in [0.5, 0.6) is 0 Å². The molecule has 0 atom stereocenters. The normalized spacial score (nSPS) is 14.9. The number of allylic oxidation sites excluding steroid dienone is 2. The maximum atomic E-state index is 2.49. The second kappa shape index (κ2) is 10.1. The monoisotopic (exact) mass is 600 g/mol. The number of aryl methyl sites for hydroxylation is 1. The van der Waals surface area contributed by atoms with Gasteiger partial charge >= 0.3 is 0 Å². The molecule has 2 aliphatic heterocycles. The molecule has 0 bridgehead atoms. The van der Waals surface area contributed by atoms with Crippen LogP contribution in [0.4, 0.5) is 0 Å². The van der Waals surface area contributed by atoms with Gasteiger partial charge in [0, 0.05) is 23.8 Å². The van der Waals surface area contributed by atoms with Gasteiger partial charge in [-0.15, -0.1) is 0 Å². The second-order valence-electron chi connectivity index (χ2n) is 13.0. The Morgan fingerprint density at radius 3 is 1.79 bits per heavy atom. The van der Waals surface area contributed by atoms with Crippen LogP contribution in [-0.4, -0.2) is 0 Å². The van der Waals surface area contributed by atoms with Crippen molar-refractivity contribution < 1.29 is 9.13 Å². The summed E-state index contributed by atoms with van der Waals surface area (Å²) in [4.78, 5) is 0. The summed E-state index contributed by atoms with van der Waals surface area (Å²) in [5, 5.41) is 7.92. The highest BCUT2D eigenvalue weighted by Crippen LogP contribution is 2.42. The molecular weight excluding hydrogens is 569 g/mol. The van der Waals surface area contributed by atoms with E-state index >= 15 is 0 Å². The highest BCUT2D eigenvalue weighted by atomic mass is 15.1. The topological polar surface area (TPSA) is 7.76 Å². The van der Waals surface area contributed by atoms with E-state index < -0.39 is 0 Å². The summed E-state index contributed by atoms with van der Waals surface area (Å²) < 4.78 is 4.93. The fraction of sp³-hybridized carbons (Fsp3) is 0.0667. The first-order valence-corrected chi connectivity index (χ1v) is 16.5. The van der Waals surface area contributed by atoms with Gasteiger partial charge in [-0.2, -0.15) is 9.13 Å². The van der Waals surface area contributed by atoms with Gasteiger partial charge in [0.15, 0.2) is 12.4 Å². The van der Waals surface area contributed by atoms with Crippen LogP contribution in [0.15, 0.2) is 152 Å². The first-order chi connectivity index (χ1) is 23.2. The number of rotatable bonds is 1. The predicted octanol–water partition coefficient (Wildman–Crippen LogP) is 9.97. The molecule has 2 heteroatoms. The number of hydrogen-bond acceptors (Lipinski definition) is 0. The Labute approximate surface area is 274 Å². The van der Waals surface area contributed by atoms with Crippen LogP contribution in [0.3, 0.4) is 0 Å². The van der Waals surface area contributed by atoms with Crippen LogP contribution in [0.2, 0.25) is 0 Å². The van der Waals surface area contributed by atoms with Crippen molar-refractivity contribution in [2.24, 2.45) is 0 Å². The Bertz CT molecular complexity index is 2630. The Morgan fingerprint density at radius 1 is 0.426 bits per heavy atom. The van der Waals surface area contributed by atoms with Crippen molar-refractivity contribution in [1.29, 1.82) is 0 Å². The van der Waals surface area contributed by atoms with E-state index in [1.165, 1.54) is 94.0 Å². The lowest BCUT2D eigenvalue weighted by atomic mass is 9.86. The van der Waals surface area contributed by atoms with E-state index in [2.05, 4.69) is 168 Å². The number of pyridine rings is 2. The van der Waals surface area contributed by atoms with E-state index in [0.717, 1.165) is 12.8 Å². The highest BCUT2D eigenvalue weighted by Gasteiger charge is 2.38. The second-order valence-corrected chi connectivity index (χ2v) is 13.0. The van der Waals surface area contributed by atoms with E-state index in [1.807, 2.05) is 0 Å². The lowest BCUT2D eigenvalue weighted by molar-refractivity contribution is -0.602. The molecule has 0 saturated carbocycles. The van der Waals surface area contributed by atoms with Crippen LogP contribution in [0.1, 0.15) is 16.7 Å². The molecule has 2 aliphatic rings. The zero-order valence-electron chi connectivity index (χ0n) is 26.2. The predicted molar refractivity (Wildman–Crippen MR) is 194 cm³/mol. The number of nitrogens with zero attached hydrogens (tertiary/aromatic N) is 2. The largest absolute Gasteiger partial charge is 0.259 e. The van der Waals surface area contributed by atoms with Crippen molar-refractivity contribution >= 4 is 43.7 Å². The molecule has 0 unspecified atom stereocenters.